The number of alkyl halides is 3. The number of hydrogen-bond acceptors (Lipinski definition) is 1. The fourth-order valence-electron chi connectivity index (χ4n) is 1.73. The van der Waals surface area contributed by atoms with Crippen LogP contribution in [-0.4, -0.2) is 5.91 Å². The molecule has 0 saturated carbocycles. The third-order valence-corrected chi connectivity index (χ3v) is 2.88. The average Bonchev–Trinajstić information content (AvgIpc) is 2.40. The minimum atomic E-state index is -4.60. The van der Waals surface area contributed by atoms with Crippen molar-refractivity contribution in [1.82, 2.24) is 0 Å². The number of hydrogen-bond donors (Lipinski definition) is 1. The fraction of sp³-hybridized carbons (Fsp3) is 0.0667. The number of rotatable bonds is 3. The van der Waals surface area contributed by atoms with Crippen LogP contribution in [0.5, 0.6) is 0 Å². The Labute approximate surface area is 124 Å². The Morgan fingerprint density at radius 2 is 1.76 bits per heavy atom. The van der Waals surface area contributed by atoms with Gasteiger partial charge in [0.2, 0.25) is 5.91 Å². The highest BCUT2D eigenvalue weighted by atomic mass is 35.5. The van der Waals surface area contributed by atoms with E-state index in [4.69, 9.17) is 11.6 Å². The van der Waals surface area contributed by atoms with Gasteiger partial charge < -0.3 is 5.32 Å². The summed E-state index contributed by atoms with van der Waals surface area (Å²) in [5, 5.41) is 2.17. The zero-order chi connectivity index (χ0) is 15.5. The van der Waals surface area contributed by atoms with Crippen LogP contribution in [-0.2, 0) is 11.0 Å². The van der Waals surface area contributed by atoms with Gasteiger partial charge in [0.1, 0.15) is 0 Å². The molecule has 1 amide bonds. The third-order valence-electron chi connectivity index (χ3n) is 2.64. The molecule has 1 N–H and O–H groups in total. The highest BCUT2D eigenvalue weighted by molar-refractivity contribution is 6.30. The Balaban J connectivity index is 2.18. The topological polar surface area (TPSA) is 29.1 Å². The molecule has 2 nitrogen and oxygen atoms in total. The van der Waals surface area contributed by atoms with Crippen molar-refractivity contribution < 1.29 is 18.0 Å². The first-order valence-electron chi connectivity index (χ1n) is 5.94. The number of carbonyl (C=O) groups is 1. The second-order valence-corrected chi connectivity index (χ2v) is 4.67. The van der Waals surface area contributed by atoms with Crippen LogP contribution in [0.2, 0.25) is 5.02 Å². The van der Waals surface area contributed by atoms with E-state index in [0.717, 1.165) is 12.1 Å². The number of halogens is 4. The number of nitrogens with one attached hydrogen (secondary N) is 1. The van der Waals surface area contributed by atoms with Gasteiger partial charge in [0.15, 0.2) is 0 Å². The van der Waals surface area contributed by atoms with Gasteiger partial charge in [-0.2, -0.15) is 13.2 Å². The van der Waals surface area contributed by atoms with E-state index in [1.807, 2.05) is 0 Å². The van der Waals surface area contributed by atoms with Crippen LogP contribution >= 0.6 is 11.6 Å². The van der Waals surface area contributed by atoms with Gasteiger partial charge in [-0.05, 0) is 23.8 Å². The third kappa shape index (κ3) is 4.23. The molecule has 0 aromatic heterocycles. The number of anilines is 1. The summed E-state index contributed by atoms with van der Waals surface area (Å²) in [7, 11) is 0. The van der Waals surface area contributed by atoms with E-state index in [1.165, 1.54) is 12.5 Å². The molecule has 0 saturated heterocycles. The first-order chi connectivity index (χ1) is 9.86. The number of benzene rings is 2. The van der Waals surface area contributed by atoms with Crippen LogP contribution in [0.25, 0.3) is 0 Å². The zero-order valence-electron chi connectivity index (χ0n) is 10.6. The molecule has 0 aliphatic rings. The molecule has 0 heterocycles. The lowest BCUT2D eigenvalue weighted by Crippen LogP contribution is -2.17. The Morgan fingerprint density at radius 1 is 1.10 bits per heavy atom. The molecule has 0 fully saturated rings. The molecule has 0 aliphatic heterocycles. The van der Waals surface area contributed by atoms with Gasteiger partial charge in [0.25, 0.3) is 0 Å². The Bertz CT molecular complexity index is 641. The summed E-state index contributed by atoms with van der Waals surface area (Å²) in [4.78, 5) is 11.8. The summed E-state index contributed by atoms with van der Waals surface area (Å²) in [6, 6.07) is 11.8. The van der Waals surface area contributed by atoms with Crippen LogP contribution < -0.4 is 5.32 Å². The van der Waals surface area contributed by atoms with Crippen molar-refractivity contribution in [3.05, 3.63) is 71.1 Å². The monoisotopic (exact) mass is 312 g/mol. The van der Waals surface area contributed by atoms with Crippen molar-refractivity contribution in [3.63, 3.8) is 0 Å². The summed E-state index contributed by atoms with van der Waals surface area (Å²) >= 11 is 5.57. The smallest absolute Gasteiger partial charge is 0.325 e. The zero-order valence-corrected chi connectivity index (χ0v) is 11.4. The highest BCUT2D eigenvalue weighted by Crippen LogP contribution is 2.36. The quantitative estimate of drug-likeness (QED) is 0.885. The molecule has 0 aliphatic carbocycles. The molecular formula is C15H10ClF3NO. The summed E-state index contributed by atoms with van der Waals surface area (Å²) < 4.78 is 38.7. The predicted octanol–water partition coefficient (Wildman–Crippen LogP) is 4.55. The standard InChI is InChI=1S/C15H10ClF3NO/c16-11-6-7-13(12(9-11)15(17,18)19)20-14(21)8-10-4-2-1-3-5-10/h1-9H,(H,20,21). The molecule has 0 atom stereocenters. The molecule has 2 aromatic carbocycles. The minimum absolute atomic E-state index is 0.0487. The number of carbonyl (C=O) groups excluding carboxylic acids is 1. The van der Waals surface area contributed by atoms with E-state index in [2.05, 4.69) is 5.32 Å². The van der Waals surface area contributed by atoms with E-state index in [-0.39, 0.29) is 10.7 Å². The highest BCUT2D eigenvalue weighted by Gasteiger charge is 2.34. The molecular weight excluding hydrogens is 303 g/mol. The maximum Gasteiger partial charge on any atom is 0.418 e. The summed E-state index contributed by atoms with van der Waals surface area (Å²) in [6.45, 7) is 0. The van der Waals surface area contributed by atoms with Crippen molar-refractivity contribution in [3.8, 4) is 0 Å². The van der Waals surface area contributed by atoms with Crippen molar-refractivity contribution >= 4 is 23.2 Å². The van der Waals surface area contributed by atoms with Gasteiger partial charge in [-0.25, -0.2) is 0 Å². The second-order valence-electron chi connectivity index (χ2n) is 4.23. The normalized spacial score (nSPS) is 11.2. The van der Waals surface area contributed by atoms with Crippen LogP contribution in [0.4, 0.5) is 18.9 Å². The summed E-state index contributed by atoms with van der Waals surface area (Å²) in [6.07, 6.45) is -3.38. The van der Waals surface area contributed by atoms with E-state index in [9.17, 15) is 18.0 Å². The van der Waals surface area contributed by atoms with E-state index in [1.54, 1.807) is 30.3 Å². The molecule has 0 bridgehead atoms. The Morgan fingerprint density at radius 3 is 2.38 bits per heavy atom. The summed E-state index contributed by atoms with van der Waals surface area (Å²) in [5.41, 5.74) is -0.716. The van der Waals surface area contributed by atoms with E-state index >= 15 is 0 Å². The van der Waals surface area contributed by atoms with Crippen molar-refractivity contribution in [2.45, 2.75) is 6.18 Å². The Kier molecular flexibility index (Phi) is 4.53. The number of amides is 1. The summed E-state index contributed by atoms with van der Waals surface area (Å²) in [5.74, 6) is -0.644. The van der Waals surface area contributed by atoms with Gasteiger partial charge in [0, 0.05) is 5.02 Å². The molecule has 1 radical (unpaired) electrons. The van der Waals surface area contributed by atoms with Gasteiger partial charge in [-0.3, -0.25) is 4.79 Å². The van der Waals surface area contributed by atoms with Gasteiger partial charge in [-0.1, -0.05) is 41.9 Å². The van der Waals surface area contributed by atoms with Crippen LogP contribution in [0, 0.1) is 6.42 Å². The van der Waals surface area contributed by atoms with Gasteiger partial charge in [-0.15, -0.1) is 0 Å². The predicted molar refractivity (Wildman–Crippen MR) is 74.9 cm³/mol. The molecule has 0 spiro atoms. The van der Waals surface area contributed by atoms with Gasteiger partial charge >= 0.3 is 6.18 Å². The van der Waals surface area contributed by atoms with Gasteiger partial charge in [0.05, 0.1) is 17.7 Å². The second kappa shape index (κ2) is 6.18. The SMILES string of the molecule is O=C([CH]c1ccccc1)Nc1ccc(Cl)cc1C(F)(F)F. The first-order valence-corrected chi connectivity index (χ1v) is 6.31. The largest absolute Gasteiger partial charge is 0.418 e. The maximum atomic E-state index is 12.9. The molecule has 6 heteroatoms. The minimum Gasteiger partial charge on any atom is -0.325 e. The van der Waals surface area contributed by atoms with E-state index in [0.29, 0.717) is 5.56 Å². The van der Waals surface area contributed by atoms with Crippen LogP contribution in [0.3, 0.4) is 0 Å². The van der Waals surface area contributed by atoms with Crippen LogP contribution in [0.1, 0.15) is 11.1 Å². The lowest BCUT2D eigenvalue weighted by Gasteiger charge is -2.14. The maximum absolute atomic E-state index is 12.9. The molecule has 0 unspecified atom stereocenters. The van der Waals surface area contributed by atoms with Crippen molar-refractivity contribution in [2.24, 2.45) is 0 Å². The Hall–Kier alpha value is -2.01. The molecule has 2 rings (SSSR count). The fourth-order valence-corrected chi connectivity index (χ4v) is 1.90. The molecule has 2 aromatic rings. The average molecular weight is 313 g/mol. The molecule has 109 valence electrons. The van der Waals surface area contributed by atoms with E-state index < -0.39 is 17.6 Å². The first kappa shape index (κ1) is 15.4. The molecule has 21 heavy (non-hydrogen) atoms. The van der Waals surface area contributed by atoms with Crippen LogP contribution in [0.15, 0.2) is 48.5 Å². The lowest BCUT2D eigenvalue weighted by atomic mass is 10.1. The van der Waals surface area contributed by atoms with Crippen molar-refractivity contribution in [1.29, 1.82) is 0 Å². The van der Waals surface area contributed by atoms with Crippen molar-refractivity contribution in [2.75, 3.05) is 5.32 Å². The lowest BCUT2D eigenvalue weighted by molar-refractivity contribution is -0.136.